The average Bonchev–Trinajstić information content (AvgIpc) is 2.17. The summed E-state index contributed by atoms with van der Waals surface area (Å²) in [6.07, 6.45) is 1.68. The SMILES string of the molecule is Cc1cccc(Nc2ccnc(Cl)c2)c1. The van der Waals surface area contributed by atoms with E-state index >= 15 is 0 Å². The lowest BCUT2D eigenvalue weighted by Gasteiger charge is -2.06. The number of pyridine rings is 1. The molecule has 1 heterocycles. The maximum absolute atomic E-state index is 5.79. The Hall–Kier alpha value is -1.54. The smallest absolute Gasteiger partial charge is 0.131 e. The zero-order chi connectivity index (χ0) is 10.7. The molecule has 1 N–H and O–H groups in total. The number of hydrogen-bond acceptors (Lipinski definition) is 2. The molecule has 0 atom stereocenters. The van der Waals surface area contributed by atoms with E-state index in [1.807, 2.05) is 18.2 Å². The van der Waals surface area contributed by atoms with Crippen LogP contribution in [0.5, 0.6) is 0 Å². The number of aromatic nitrogens is 1. The van der Waals surface area contributed by atoms with Gasteiger partial charge in [-0.25, -0.2) is 4.98 Å². The Bertz CT molecular complexity index is 425. The highest BCUT2D eigenvalue weighted by atomic mass is 35.5. The fourth-order valence-electron chi connectivity index (χ4n) is 1.37. The van der Waals surface area contributed by atoms with Crippen LogP contribution in [0.15, 0.2) is 42.6 Å². The van der Waals surface area contributed by atoms with E-state index in [-0.39, 0.29) is 0 Å². The Morgan fingerprint density at radius 3 is 2.67 bits per heavy atom. The van der Waals surface area contributed by atoms with Crippen LogP contribution in [0.4, 0.5) is 11.4 Å². The fourth-order valence-corrected chi connectivity index (χ4v) is 1.54. The molecule has 0 unspecified atom stereocenters. The molecule has 0 spiro atoms. The first kappa shape index (κ1) is 9.99. The average molecular weight is 219 g/mol. The quantitative estimate of drug-likeness (QED) is 0.776. The van der Waals surface area contributed by atoms with E-state index in [0.29, 0.717) is 5.15 Å². The van der Waals surface area contributed by atoms with Gasteiger partial charge in [-0.05, 0) is 36.8 Å². The molecule has 1 aromatic heterocycles. The molecule has 0 saturated heterocycles. The van der Waals surface area contributed by atoms with Crippen LogP contribution in [0.1, 0.15) is 5.56 Å². The molecular weight excluding hydrogens is 208 g/mol. The lowest BCUT2D eigenvalue weighted by atomic mass is 10.2. The molecule has 2 aromatic rings. The maximum Gasteiger partial charge on any atom is 0.131 e. The Labute approximate surface area is 93.9 Å². The predicted octanol–water partition coefficient (Wildman–Crippen LogP) is 3.79. The normalized spacial score (nSPS) is 10.0. The minimum atomic E-state index is 0.493. The van der Waals surface area contributed by atoms with Crippen LogP contribution >= 0.6 is 11.6 Å². The van der Waals surface area contributed by atoms with Crippen molar-refractivity contribution >= 4 is 23.0 Å². The highest BCUT2D eigenvalue weighted by Gasteiger charge is 1.96. The van der Waals surface area contributed by atoms with E-state index in [1.54, 1.807) is 12.3 Å². The highest BCUT2D eigenvalue weighted by molar-refractivity contribution is 6.29. The molecule has 2 nitrogen and oxygen atoms in total. The van der Waals surface area contributed by atoms with Crippen LogP contribution in [-0.2, 0) is 0 Å². The summed E-state index contributed by atoms with van der Waals surface area (Å²) >= 11 is 5.79. The zero-order valence-electron chi connectivity index (χ0n) is 8.37. The van der Waals surface area contributed by atoms with Gasteiger partial charge in [-0.1, -0.05) is 23.7 Å². The maximum atomic E-state index is 5.79. The molecule has 3 heteroatoms. The Morgan fingerprint density at radius 2 is 1.93 bits per heavy atom. The minimum Gasteiger partial charge on any atom is -0.355 e. The number of benzene rings is 1. The number of rotatable bonds is 2. The van der Waals surface area contributed by atoms with E-state index < -0.39 is 0 Å². The van der Waals surface area contributed by atoms with E-state index in [1.165, 1.54) is 5.56 Å². The molecule has 2 rings (SSSR count). The predicted molar refractivity (Wildman–Crippen MR) is 63.7 cm³/mol. The van der Waals surface area contributed by atoms with Gasteiger partial charge in [0.2, 0.25) is 0 Å². The Balaban J connectivity index is 2.22. The van der Waals surface area contributed by atoms with E-state index in [2.05, 4.69) is 29.4 Å². The molecule has 0 aliphatic carbocycles. The molecule has 0 amide bonds. The summed E-state index contributed by atoms with van der Waals surface area (Å²) in [5.41, 5.74) is 3.22. The van der Waals surface area contributed by atoms with Crippen LogP contribution < -0.4 is 5.32 Å². The molecular formula is C12H11ClN2. The Morgan fingerprint density at radius 1 is 1.13 bits per heavy atom. The second-order valence-corrected chi connectivity index (χ2v) is 3.75. The van der Waals surface area contributed by atoms with Gasteiger partial charge in [-0.15, -0.1) is 0 Å². The third kappa shape index (κ3) is 2.70. The molecule has 15 heavy (non-hydrogen) atoms. The molecule has 0 radical (unpaired) electrons. The number of nitrogens with zero attached hydrogens (tertiary/aromatic N) is 1. The van der Waals surface area contributed by atoms with Gasteiger partial charge in [-0.3, -0.25) is 0 Å². The van der Waals surface area contributed by atoms with Gasteiger partial charge in [0.1, 0.15) is 5.15 Å². The second kappa shape index (κ2) is 4.32. The first-order valence-corrected chi connectivity index (χ1v) is 5.07. The zero-order valence-corrected chi connectivity index (χ0v) is 9.12. The highest BCUT2D eigenvalue weighted by Crippen LogP contribution is 2.18. The van der Waals surface area contributed by atoms with E-state index in [0.717, 1.165) is 11.4 Å². The van der Waals surface area contributed by atoms with Gasteiger partial charge in [0, 0.05) is 17.6 Å². The van der Waals surface area contributed by atoms with Crippen molar-refractivity contribution in [2.45, 2.75) is 6.92 Å². The standard InChI is InChI=1S/C12H11ClN2/c1-9-3-2-4-10(7-9)15-11-5-6-14-12(13)8-11/h2-8H,1H3,(H,14,15). The van der Waals surface area contributed by atoms with Crippen molar-refractivity contribution in [2.24, 2.45) is 0 Å². The van der Waals surface area contributed by atoms with Crippen molar-refractivity contribution < 1.29 is 0 Å². The van der Waals surface area contributed by atoms with Crippen LogP contribution in [0.3, 0.4) is 0 Å². The van der Waals surface area contributed by atoms with Gasteiger partial charge >= 0.3 is 0 Å². The molecule has 0 aliphatic rings. The van der Waals surface area contributed by atoms with Crippen LogP contribution in [0, 0.1) is 6.92 Å². The molecule has 0 saturated carbocycles. The molecule has 0 bridgehead atoms. The van der Waals surface area contributed by atoms with Gasteiger partial charge < -0.3 is 5.32 Å². The Kier molecular flexibility index (Phi) is 2.88. The number of aryl methyl sites for hydroxylation is 1. The lowest BCUT2D eigenvalue weighted by molar-refractivity contribution is 1.32. The van der Waals surface area contributed by atoms with Crippen LogP contribution in [0.2, 0.25) is 5.15 Å². The van der Waals surface area contributed by atoms with E-state index in [4.69, 9.17) is 11.6 Å². The summed E-state index contributed by atoms with van der Waals surface area (Å²) in [7, 11) is 0. The summed E-state index contributed by atoms with van der Waals surface area (Å²) in [5.74, 6) is 0. The van der Waals surface area contributed by atoms with Crippen LogP contribution in [0.25, 0.3) is 0 Å². The molecule has 0 aliphatic heterocycles. The summed E-state index contributed by atoms with van der Waals surface area (Å²) in [6, 6.07) is 11.8. The first-order valence-electron chi connectivity index (χ1n) is 4.69. The summed E-state index contributed by atoms with van der Waals surface area (Å²) in [5, 5.41) is 3.75. The fraction of sp³-hybridized carbons (Fsp3) is 0.0833. The van der Waals surface area contributed by atoms with Crippen molar-refractivity contribution in [3.63, 3.8) is 0 Å². The summed E-state index contributed by atoms with van der Waals surface area (Å²) < 4.78 is 0. The number of anilines is 2. The lowest BCUT2D eigenvalue weighted by Crippen LogP contribution is -1.90. The number of halogens is 1. The summed E-state index contributed by atoms with van der Waals surface area (Å²) in [4.78, 5) is 3.92. The second-order valence-electron chi connectivity index (χ2n) is 3.36. The molecule has 76 valence electrons. The van der Waals surface area contributed by atoms with Crippen LogP contribution in [-0.4, -0.2) is 4.98 Å². The number of hydrogen-bond donors (Lipinski definition) is 1. The molecule has 1 aromatic carbocycles. The minimum absolute atomic E-state index is 0.493. The van der Waals surface area contributed by atoms with Crippen molar-refractivity contribution in [2.75, 3.05) is 5.32 Å². The largest absolute Gasteiger partial charge is 0.355 e. The van der Waals surface area contributed by atoms with Gasteiger partial charge in [0.25, 0.3) is 0 Å². The van der Waals surface area contributed by atoms with Crippen molar-refractivity contribution in [3.8, 4) is 0 Å². The third-order valence-corrected chi connectivity index (χ3v) is 2.24. The van der Waals surface area contributed by atoms with Crippen molar-refractivity contribution in [1.82, 2.24) is 4.98 Å². The van der Waals surface area contributed by atoms with E-state index in [9.17, 15) is 0 Å². The van der Waals surface area contributed by atoms with Gasteiger partial charge in [0.15, 0.2) is 0 Å². The first-order chi connectivity index (χ1) is 7.24. The topological polar surface area (TPSA) is 24.9 Å². The number of nitrogens with one attached hydrogen (secondary N) is 1. The van der Waals surface area contributed by atoms with Crippen molar-refractivity contribution in [3.05, 3.63) is 53.3 Å². The van der Waals surface area contributed by atoms with Gasteiger partial charge in [-0.2, -0.15) is 0 Å². The summed E-state index contributed by atoms with van der Waals surface area (Å²) in [6.45, 7) is 2.06. The van der Waals surface area contributed by atoms with Crippen molar-refractivity contribution in [1.29, 1.82) is 0 Å². The monoisotopic (exact) mass is 218 g/mol. The molecule has 0 fully saturated rings. The van der Waals surface area contributed by atoms with Gasteiger partial charge in [0.05, 0.1) is 0 Å². The third-order valence-electron chi connectivity index (χ3n) is 2.03.